The number of rotatable bonds is 5. The third kappa shape index (κ3) is 3.96. The van der Waals surface area contributed by atoms with Gasteiger partial charge >= 0.3 is 5.69 Å². The molecule has 0 saturated carbocycles. The Hall–Kier alpha value is -4.60. The Morgan fingerprint density at radius 3 is 2.79 bits per heavy atom. The normalized spacial score (nSPS) is 11.1. The molecule has 0 spiro atoms. The summed E-state index contributed by atoms with van der Waals surface area (Å²) in [6.45, 7) is 3.55. The number of hydrogen-bond acceptors (Lipinski definition) is 6. The fraction of sp³-hybridized carbons (Fsp3) is 0.125. The number of halogens is 1. The Labute approximate surface area is 192 Å². The molecule has 0 aliphatic rings. The number of benzene rings is 2. The molecule has 34 heavy (non-hydrogen) atoms. The summed E-state index contributed by atoms with van der Waals surface area (Å²) in [6.07, 6.45) is 1.54. The Morgan fingerprint density at radius 1 is 1.12 bits per heavy atom. The molecule has 0 bridgehead atoms. The Balaban J connectivity index is 1.46. The van der Waals surface area contributed by atoms with Gasteiger partial charge in [0.05, 0.1) is 5.56 Å². The van der Waals surface area contributed by atoms with Crippen LogP contribution in [0.3, 0.4) is 0 Å². The van der Waals surface area contributed by atoms with Gasteiger partial charge < -0.3 is 9.84 Å². The van der Waals surface area contributed by atoms with Crippen molar-refractivity contribution in [3.63, 3.8) is 0 Å². The van der Waals surface area contributed by atoms with E-state index in [4.69, 9.17) is 4.52 Å². The fourth-order valence-corrected chi connectivity index (χ4v) is 3.58. The van der Waals surface area contributed by atoms with E-state index >= 15 is 0 Å². The number of fused-ring (bicyclic) bond motifs is 1. The van der Waals surface area contributed by atoms with Crippen molar-refractivity contribution in [2.45, 2.75) is 20.4 Å². The van der Waals surface area contributed by atoms with E-state index in [0.29, 0.717) is 16.8 Å². The summed E-state index contributed by atoms with van der Waals surface area (Å²) in [5.41, 5.74) is 3.22. The Bertz CT molecular complexity index is 1600. The van der Waals surface area contributed by atoms with Crippen LogP contribution in [-0.4, -0.2) is 30.2 Å². The average molecular weight is 458 g/mol. The van der Waals surface area contributed by atoms with Gasteiger partial charge in [0.15, 0.2) is 5.65 Å². The molecule has 9 nitrogen and oxygen atoms in total. The summed E-state index contributed by atoms with van der Waals surface area (Å²) >= 11 is 0. The molecule has 1 amide bonds. The lowest BCUT2D eigenvalue weighted by Gasteiger charge is -2.08. The minimum atomic E-state index is -0.488. The van der Waals surface area contributed by atoms with E-state index in [2.05, 4.69) is 20.6 Å². The van der Waals surface area contributed by atoms with Crippen molar-refractivity contribution in [1.82, 2.24) is 24.3 Å². The van der Waals surface area contributed by atoms with Crippen LogP contribution in [0.2, 0.25) is 0 Å². The third-order valence-electron chi connectivity index (χ3n) is 5.31. The van der Waals surface area contributed by atoms with Gasteiger partial charge in [-0.1, -0.05) is 29.4 Å². The highest BCUT2D eigenvalue weighted by Crippen LogP contribution is 2.25. The first kappa shape index (κ1) is 21.3. The van der Waals surface area contributed by atoms with Crippen LogP contribution in [0.25, 0.3) is 28.5 Å². The zero-order valence-electron chi connectivity index (χ0n) is 18.3. The molecule has 0 unspecified atom stereocenters. The van der Waals surface area contributed by atoms with Gasteiger partial charge in [-0.2, -0.15) is 4.98 Å². The summed E-state index contributed by atoms with van der Waals surface area (Å²) in [7, 11) is 0. The van der Waals surface area contributed by atoms with Crippen LogP contribution in [0, 0.1) is 19.7 Å². The first-order chi connectivity index (χ1) is 16.4. The van der Waals surface area contributed by atoms with Crippen LogP contribution in [0.5, 0.6) is 0 Å². The molecule has 3 heterocycles. The van der Waals surface area contributed by atoms with Crippen molar-refractivity contribution >= 4 is 17.2 Å². The van der Waals surface area contributed by atoms with Crippen LogP contribution in [0.1, 0.15) is 11.1 Å². The van der Waals surface area contributed by atoms with Gasteiger partial charge in [0.2, 0.25) is 11.7 Å². The molecule has 10 heteroatoms. The largest absolute Gasteiger partial charge is 0.350 e. The highest BCUT2D eigenvalue weighted by atomic mass is 19.1. The van der Waals surface area contributed by atoms with Crippen molar-refractivity contribution in [3.8, 4) is 22.8 Å². The van der Waals surface area contributed by atoms with E-state index < -0.39 is 11.5 Å². The van der Waals surface area contributed by atoms with E-state index in [0.717, 1.165) is 15.8 Å². The van der Waals surface area contributed by atoms with E-state index in [1.807, 2.05) is 32.0 Å². The van der Waals surface area contributed by atoms with Crippen molar-refractivity contribution in [2.24, 2.45) is 0 Å². The Morgan fingerprint density at radius 2 is 1.97 bits per heavy atom. The highest BCUT2D eigenvalue weighted by molar-refractivity contribution is 5.91. The molecule has 0 radical (unpaired) electrons. The average Bonchev–Trinajstić information content (AvgIpc) is 3.42. The van der Waals surface area contributed by atoms with Gasteiger partial charge in [-0.05, 0) is 55.3 Å². The molecule has 0 atom stereocenters. The van der Waals surface area contributed by atoms with Gasteiger partial charge in [0.25, 0.3) is 5.89 Å². The van der Waals surface area contributed by atoms with Crippen LogP contribution in [0.15, 0.2) is 70.1 Å². The molecule has 170 valence electrons. The molecule has 0 saturated heterocycles. The third-order valence-corrected chi connectivity index (χ3v) is 5.31. The lowest BCUT2D eigenvalue weighted by Crippen LogP contribution is -2.28. The van der Waals surface area contributed by atoms with Gasteiger partial charge in [-0.15, -0.1) is 5.10 Å². The van der Waals surface area contributed by atoms with Crippen molar-refractivity contribution in [3.05, 3.63) is 88.2 Å². The van der Waals surface area contributed by atoms with Crippen LogP contribution >= 0.6 is 0 Å². The zero-order chi connectivity index (χ0) is 23.8. The van der Waals surface area contributed by atoms with Crippen molar-refractivity contribution in [1.29, 1.82) is 0 Å². The summed E-state index contributed by atoms with van der Waals surface area (Å²) in [5, 5.41) is 11.1. The summed E-state index contributed by atoms with van der Waals surface area (Å²) in [5.74, 6) is -0.490. The highest BCUT2D eigenvalue weighted by Gasteiger charge is 2.19. The van der Waals surface area contributed by atoms with Crippen LogP contribution in [0.4, 0.5) is 10.1 Å². The second-order valence-electron chi connectivity index (χ2n) is 7.86. The number of carbonyl (C=O) groups excluding carboxylic acids is 1. The molecule has 5 rings (SSSR count). The molecule has 2 aromatic carbocycles. The van der Waals surface area contributed by atoms with E-state index in [1.54, 1.807) is 24.3 Å². The maximum atomic E-state index is 13.6. The molecule has 0 fully saturated rings. The number of nitrogens with zero attached hydrogens (tertiary/aromatic N) is 5. The number of aromatic nitrogens is 5. The number of carbonyl (C=O) groups is 1. The summed E-state index contributed by atoms with van der Waals surface area (Å²) < 4.78 is 21.3. The molecule has 0 aliphatic carbocycles. The molecule has 5 aromatic rings. The smallest absolute Gasteiger partial charge is 0.333 e. The standard InChI is InChI=1S/C24H19FN6O3/c1-14-8-9-15(2)19(11-14)26-20(32)13-31-24(33)30-10-4-7-18(22(30)28-31)23-27-21(29-34-23)16-5-3-6-17(25)12-16/h3-12H,13H2,1-2H3,(H,26,32). The van der Waals surface area contributed by atoms with Crippen molar-refractivity contribution in [2.75, 3.05) is 5.32 Å². The topological polar surface area (TPSA) is 107 Å². The second kappa shape index (κ2) is 8.39. The lowest BCUT2D eigenvalue weighted by molar-refractivity contribution is -0.117. The van der Waals surface area contributed by atoms with Gasteiger partial charge in [-0.25, -0.2) is 18.3 Å². The summed E-state index contributed by atoms with van der Waals surface area (Å²) in [6, 6.07) is 14.9. The van der Waals surface area contributed by atoms with E-state index in [1.165, 1.54) is 22.7 Å². The molecule has 3 aromatic heterocycles. The maximum Gasteiger partial charge on any atom is 0.350 e. The minimum absolute atomic E-state index is 0.113. The maximum absolute atomic E-state index is 13.6. The number of aryl methyl sites for hydroxylation is 2. The predicted octanol–water partition coefficient (Wildman–Crippen LogP) is 3.61. The number of nitrogens with one attached hydrogen (secondary N) is 1. The number of pyridine rings is 1. The fourth-order valence-electron chi connectivity index (χ4n) is 3.58. The predicted molar refractivity (Wildman–Crippen MR) is 123 cm³/mol. The van der Waals surface area contributed by atoms with E-state index in [9.17, 15) is 14.0 Å². The number of hydrogen-bond donors (Lipinski definition) is 1. The number of amides is 1. The zero-order valence-corrected chi connectivity index (χ0v) is 18.3. The molecule has 1 N–H and O–H groups in total. The van der Waals surface area contributed by atoms with Crippen LogP contribution < -0.4 is 11.0 Å². The van der Waals surface area contributed by atoms with E-state index in [-0.39, 0.29) is 29.8 Å². The molecular formula is C24H19FN6O3. The van der Waals surface area contributed by atoms with Gasteiger partial charge in [-0.3, -0.25) is 4.79 Å². The second-order valence-corrected chi connectivity index (χ2v) is 7.86. The number of anilines is 1. The molecular weight excluding hydrogens is 439 g/mol. The minimum Gasteiger partial charge on any atom is -0.333 e. The lowest BCUT2D eigenvalue weighted by atomic mass is 10.1. The van der Waals surface area contributed by atoms with Gasteiger partial charge in [0.1, 0.15) is 12.4 Å². The van der Waals surface area contributed by atoms with Crippen LogP contribution in [-0.2, 0) is 11.3 Å². The first-order valence-corrected chi connectivity index (χ1v) is 10.4. The van der Waals surface area contributed by atoms with Crippen molar-refractivity contribution < 1.29 is 13.7 Å². The van der Waals surface area contributed by atoms with Gasteiger partial charge in [0, 0.05) is 17.4 Å². The first-order valence-electron chi connectivity index (χ1n) is 10.4. The Kier molecular flexibility index (Phi) is 5.25. The summed E-state index contributed by atoms with van der Waals surface area (Å²) in [4.78, 5) is 29.8. The quantitative estimate of drug-likeness (QED) is 0.431. The molecule has 0 aliphatic heterocycles. The SMILES string of the molecule is Cc1ccc(C)c(NC(=O)Cn2nc3c(-c4nc(-c5cccc(F)c5)no4)cccn3c2=O)c1. The monoisotopic (exact) mass is 458 g/mol.